The lowest BCUT2D eigenvalue weighted by Gasteiger charge is -2.00. The average molecular weight is 164 g/mol. The first kappa shape index (κ1) is 7.23. The molecule has 1 aliphatic carbocycles. The number of hydrogen-bond donors (Lipinski definition) is 1. The van der Waals surface area contributed by atoms with E-state index in [2.05, 4.69) is 36.9 Å². The molecule has 2 rings (SSSR count). The number of fused-ring (bicyclic) bond motifs is 1. The van der Waals surface area contributed by atoms with E-state index in [4.69, 9.17) is 0 Å². The van der Waals surface area contributed by atoms with Crippen molar-refractivity contribution in [3.63, 3.8) is 0 Å². The molecule has 1 aliphatic rings. The van der Waals surface area contributed by atoms with E-state index in [-0.39, 0.29) is 0 Å². The van der Waals surface area contributed by atoms with E-state index in [1.807, 2.05) is 0 Å². The van der Waals surface area contributed by atoms with Crippen LogP contribution >= 0.6 is 12.6 Å². The Morgan fingerprint density at radius 3 is 2.18 bits per heavy atom. The van der Waals surface area contributed by atoms with Crippen LogP contribution in [0.15, 0.2) is 24.3 Å². The first-order valence-corrected chi connectivity index (χ1v) is 4.71. The fourth-order valence-corrected chi connectivity index (χ4v) is 2.04. The topological polar surface area (TPSA) is 0 Å². The molecule has 0 bridgehead atoms. The molecule has 0 nitrogen and oxygen atoms in total. The summed E-state index contributed by atoms with van der Waals surface area (Å²) in [6.45, 7) is 0. The molecule has 1 heteroatoms. The minimum absolute atomic E-state index is 0.788. The van der Waals surface area contributed by atoms with Crippen LogP contribution in [0.5, 0.6) is 0 Å². The second kappa shape index (κ2) is 2.90. The van der Waals surface area contributed by atoms with E-state index in [0.29, 0.717) is 0 Å². The maximum atomic E-state index is 4.32. The van der Waals surface area contributed by atoms with Crippen molar-refractivity contribution in [2.75, 3.05) is 5.75 Å². The standard InChI is InChI=1S/C10H12S/c11-7-8-5-9-3-1-2-4-10(9)6-8/h1-4,8,11H,5-7H2. The van der Waals surface area contributed by atoms with Gasteiger partial charge in [0, 0.05) is 0 Å². The van der Waals surface area contributed by atoms with Gasteiger partial charge in [-0.3, -0.25) is 0 Å². The maximum Gasteiger partial charge on any atom is -0.00631 e. The van der Waals surface area contributed by atoms with Gasteiger partial charge in [0.2, 0.25) is 0 Å². The van der Waals surface area contributed by atoms with Gasteiger partial charge in [-0.05, 0) is 35.6 Å². The van der Waals surface area contributed by atoms with Gasteiger partial charge in [0.05, 0.1) is 0 Å². The monoisotopic (exact) mass is 164 g/mol. The first-order valence-electron chi connectivity index (χ1n) is 4.08. The van der Waals surface area contributed by atoms with Crippen LogP contribution in [-0.4, -0.2) is 5.75 Å². The lowest BCUT2D eigenvalue weighted by Crippen LogP contribution is -1.99. The fourth-order valence-electron chi connectivity index (χ4n) is 1.78. The molecule has 0 saturated carbocycles. The third-order valence-electron chi connectivity index (χ3n) is 2.39. The van der Waals surface area contributed by atoms with Crippen LogP contribution < -0.4 is 0 Å². The molecule has 0 aliphatic heterocycles. The van der Waals surface area contributed by atoms with Crippen LogP contribution in [0.3, 0.4) is 0 Å². The highest BCUT2D eigenvalue weighted by Crippen LogP contribution is 2.26. The molecule has 0 N–H and O–H groups in total. The van der Waals surface area contributed by atoms with Crippen LogP contribution in [0.1, 0.15) is 11.1 Å². The summed E-state index contributed by atoms with van der Waals surface area (Å²) in [4.78, 5) is 0. The highest BCUT2D eigenvalue weighted by molar-refractivity contribution is 7.80. The molecule has 0 unspecified atom stereocenters. The molecule has 0 spiro atoms. The van der Waals surface area contributed by atoms with Gasteiger partial charge in [-0.1, -0.05) is 24.3 Å². The van der Waals surface area contributed by atoms with Crippen molar-refractivity contribution >= 4 is 12.6 Å². The summed E-state index contributed by atoms with van der Waals surface area (Å²) in [5, 5.41) is 0. The van der Waals surface area contributed by atoms with Crippen molar-refractivity contribution in [2.24, 2.45) is 5.92 Å². The zero-order chi connectivity index (χ0) is 7.68. The summed E-state index contributed by atoms with van der Waals surface area (Å²) in [6.07, 6.45) is 2.47. The first-order chi connectivity index (χ1) is 5.40. The Balaban J connectivity index is 2.27. The Bertz CT molecular complexity index is 230. The Morgan fingerprint density at radius 1 is 1.18 bits per heavy atom. The average Bonchev–Trinajstić information content (AvgIpc) is 2.46. The lowest BCUT2D eigenvalue weighted by atomic mass is 10.1. The fraction of sp³-hybridized carbons (Fsp3) is 0.400. The highest BCUT2D eigenvalue weighted by atomic mass is 32.1. The molecule has 0 saturated heterocycles. The molecule has 11 heavy (non-hydrogen) atoms. The Labute approximate surface area is 73.0 Å². The molecule has 0 fully saturated rings. The summed E-state index contributed by atoms with van der Waals surface area (Å²) in [5.74, 6) is 1.81. The Hall–Kier alpha value is -0.430. The van der Waals surface area contributed by atoms with E-state index in [0.717, 1.165) is 11.7 Å². The Kier molecular flexibility index (Phi) is 1.91. The molecule has 0 aromatic heterocycles. The van der Waals surface area contributed by atoms with Crippen LogP contribution in [0.25, 0.3) is 0 Å². The van der Waals surface area contributed by atoms with Crippen molar-refractivity contribution in [3.8, 4) is 0 Å². The molecule has 0 atom stereocenters. The van der Waals surface area contributed by atoms with Gasteiger partial charge >= 0.3 is 0 Å². The molecule has 0 radical (unpaired) electrons. The van der Waals surface area contributed by atoms with E-state index >= 15 is 0 Å². The number of thiol groups is 1. The van der Waals surface area contributed by atoms with Gasteiger partial charge in [0.1, 0.15) is 0 Å². The van der Waals surface area contributed by atoms with Crippen LogP contribution in [-0.2, 0) is 12.8 Å². The van der Waals surface area contributed by atoms with Gasteiger partial charge in [0.25, 0.3) is 0 Å². The zero-order valence-electron chi connectivity index (χ0n) is 6.46. The third-order valence-corrected chi connectivity index (χ3v) is 2.91. The second-order valence-corrected chi connectivity index (χ2v) is 3.59. The minimum Gasteiger partial charge on any atom is -0.179 e. The van der Waals surface area contributed by atoms with Gasteiger partial charge in [-0.2, -0.15) is 12.6 Å². The molecule has 0 heterocycles. The summed E-state index contributed by atoms with van der Waals surface area (Å²) in [7, 11) is 0. The van der Waals surface area contributed by atoms with Crippen molar-refractivity contribution in [3.05, 3.63) is 35.4 Å². The third kappa shape index (κ3) is 1.30. The minimum atomic E-state index is 0.788. The van der Waals surface area contributed by atoms with Gasteiger partial charge in [-0.15, -0.1) is 0 Å². The highest BCUT2D eigenvalue weighted by Gasteiger charge is 2.18. The Morgan fingerprint density at radius 2 is 1.73 bits per heavy atom. The van der Waals surface area contributed by atoms with Crippen LogP contribution in [0.2, 0.25) is 0 Å². The van der Waals surface area contributed by atoms with Gasteiger partial charge in [0.15, 0.2) is 0 Å². The summed E-state index contributed by atoms with van der Waals surface area (Å²) < 4.78 is 0. The van der Waals surface area contributed by atoms with Crippen LogP contribution in [0.4, 0.5) is 0 Å². The predicted octanol–water partition coefficient (Wildman–Crippen LogP) is 2.33. The SMILES string of the molecule is SCC1Cc2ccccc2C1. The van der Waals surface area contributed by atoms with Gasteiger partial charge < -0.3 is 0 Å². The summed E-state index contributed by atoms with van der Waals surface area (Å²) in [5.41, 5.74) is 3.07. The summed E-state index contributed by atoms with van der Waals surface area (Å²) in [6, 6.07) is 8.72. The lowest BCUT2D eigenvalue weighted by molar-refractivity contribution is 0.641. The van der Waals surface area contributed by atoms with E-state index < -0.39 is 0 Å². The van der Waals surface area contributed by atoms with Crippen molar-refractivity contribution in [2.45, 2.75) is 12.8 Å². The molecular weight excluding hydrogens is 152 g/mol. The van der Waals surface area contributed by atoms with Crippen molar-refractivity contribution < 1.29 is 0 Å². The van der Waals surface area contributed by atoms with Crippen molar-refractivity contribution in [1.29, 1.82) is 0 Å². The quantitative estimate of drug-likeness (QED) is 0.605. The molecule has 1 aromatic carbocycles. The summed E-state index contributed by atoms with van der Waals surface area (Å²) >= 11 is 4.32. The zero-order valence-corrected chi connectivity index (χ0v) is 7.35. The van der Waals surface area contributed by atoms with E-state index in [9.17, 15) is 0 Å². The number of hydrogen-bond acceptors (Lipinski definition) is 1. The molecule has 58 valence electrons. The smallest absolute Gasteiger partial charge is 0.00631 e. The van der Waals surface area contributed by atoms with Gasteiger partial charge in [-0.25, -0.2) is 0 Å². The normalized spacial score (nSPS) is 16.8. The predicted molar refractivity (Wildman–Crippen MR) is 51.2 cm³/mol. The molecule has 1 aromatic rings. The van der Waals surface area contributed by atoms with Crippen molar-refractivity contribution in [1.82, 2.24) is 0 Å². The molecule has 0 amide bonds. The number of rotatable bonds is 1. The van der Waals surface area contributed by atoms with Crippen LogP contribution in [0, 0.1) is 5.92 Å². The maximum absolute atomic E-state index is 4.32. The van der Waals surface area contributed by atoms with E-state index in [1.54, 1.807) is 0 Å². The second-order valence-electron chi connectivity index (χ2n) is 3.23. The number of benzene rings is 1. The molecular formula is C10H12S. The van der Waals surface area contributed by atoms with E-state index in [1.165, 1.54) is 24.0 Å². The largest absolute Gasteiger partial charge is 0.179 e.